The van der Waals surface area contributed by atoms with Gasteiger partial charge in [0.15, 0.2) is 17.5 Å². The maximum absolute atomic E-state index is 14.4. The highest BCUT2D eigenvalue weighted by Crippen LogP contribution is 2.29. The predicted molar refractivity (Wildman–Crippen MR) is 111 cm³/mol. The van der Waals surface area contributed by atoms with Gasteiger partial charge in [0.05, 0.1) is 11.2 Å². The van der Waals surface area contributed by atoms with Crippen molar-refractivity contribution in [3.63, 3.8) is 0 Å². The monoisotopic (exact) mass is 452 g/mol. The number of anilines is 1. The summed E-state index contributed by atoms with van der Waals surface area (Å²) < 4.78 is 40.8. The van der Waals surface area contributed by atoms with Gasteiger partial charge in [-0.1, -0.05) is 11.6 Å². The fourth-order valence-corrected chi connectivity index (χ4v) is 3.88. The summed E-state index contributed by atoms with van der Waals surface area (Å²) >= 11 is 6.03. The van der Waals surface area contributed by atoms with Gasteiger partial charge >= 0.3 is 5.92 Å². The zero-order chi connectivity index (χ0) is 22.2. The summed E-state index contributed by atoms with van der Waals surface area (Å²) in [7, 11) is 0. The van der Waals surface area contributed by atoms with Crippen LogP contribution in [-0.2, 0) is 4.79 Å². The highest BCUT2D eigenvalue weighted by atomic mass is 35.5. The van der Waals surface area contributed by atoms with Crippen molar-refractivity contribution in [3.05, 3.63) is 35.5 Å². The number of carbonyl (C=O) groups excluding carboxylic acids is 1. The Morgan fingerprint density at radius 3 is 2.81 bits per heavy atom. The van der Waals surface area contributed by atoms with Crippen molar-refractivity contribution >= 4 is 34.4 Å². The quantitative estimate of drug-likeness (QED) is 0.536. The van der Waals surface area contributed by atoms with Crippen molar-refractivity contribution in [1.82, 2.24) is 25.3 Å². The number of nitrogens with one attached hydrogen (secondary N) is 3. The number of fused-ring (bicyclic) bond motifs is 1. The first-order valence-corrected chi connectivity index (χ1v) is 10.2. The van der Waals surface area contributed by atoms with E-state index in [0.29, 0.717) is 54.2 Å². The van der Waals surface area contributed by atoms with Crippen LogP contribution in [0.3, 0.4) is 0 Å². The molecule has 3 N–H and O–H groups in total. The number of hydrogen-bond donors (Lipinski definition) is 3. The molecule has 3 aromatic rings. The number of hydrogen-bond acceptors (Lipinski definition) is 5. The molecular weight excluding hydrogens is 433 g/mol. The van der Waals surface area contributed by atoms with Gasteiger partial charge in [0.2, 0.25) is 0 Å². The van der Waals surface area contributed by atoms with Crippen LogP contribution >= 0.6 is 11.6 Å². The molecule has 1 amide bonds. The van der Waals surface area contributed by atoms with Gasteiger partial charge in [-0.25, -0.2) is 19.3 Å². The number of halogens is 4. The number of aromatic amines is 1. The smallest absolute Gasteiger partial charge is 0.321 e. The molecule has 0 unspecified atom stereocenters. The molecule has 0 radical (unpaired) electrons. The summed E-state index contributed by atoms with van der Waals surface area (Å²) in [6.07, 6.45) is 6.61. The molecule has 0 aliphatic heterocycles. The van der Waals surface area contributed by atoms with E-state index < -0.39 is 23.7 Å². The van der Waals surface area contributed by atoms with Crippen molar-refractivity contribution in [2.24, 2.45) is 0 Å². The van der Waals surface area contributed by atoms with Crippen LogP contribution in [0.15, 0.2) is 24.7 Å². The third-order valence-corrected chi connectivity index (χ3v) is 5.44. The molecule has 3 heterocycles. The summed E-state index contributed by atoms with van der Waals surface area (Å²) in [4.78, 5) is 27.2. The molecule has 1 aliphatic rings. The van der Waals surface area contributed by atoms with Crippen LogP contribution in [0.25, 0.3) is 22.4 Å². The van der Waals surface area contributed by atoms with E-state index in [1.165, 1.54) is 6.20 Å². The average molecular weight is 453 g/mol. The topological polar surface area (TPSA) is 95.6 Å². The number of pyridine rings is 1. The van der Waals surface area contributed by atoms with E-state index in [0.717, 1.165) is 6.20 Å². The molecule has 7 nitrogen and oxygen atoms in total. The van der Waals surface area contributed by atoms with Crippen LogP contribution in [0.5, 0.6) is 0 Å². The summed E-state index contributed by atoms with van der Waals surface area (Å²) in [6, 6.07) is 1.06. The molecule has 31 heavy (non-hydrogen) atoms. The van der Waals surface area contributed by atoms with Crippen molar-refractivity contribution in [2.75, 3.05) is 5.32 Å². The van der Waals surface area contributed by atoms with E-state index in [9.17, 15) is 18.0 Å². The number of H-pyrrole nitrogens is 1. The van der Waals surface area contributed by atoms with Crippen LogP contribution in [0.1, 0.15) is 32.6 Å². The van der Waals surface area contributed by atoms with Gasteiger partial charge in [-0.2, -0.15) is 8.78 Å². The standard InChI is InChI=1S/C20H20ClF3N6O/c1-20(23,24)19(31)29-12-4-2-3-11(6-12)28-18-15(22)9-27-17(30-18)14-8-26-16-13(14)5-10(21)7-25-16/h5,7-9,11-12H,2-4,6H2,1H3,(H,25,26)(H,29,31)(H,27,28,30)/t11-,12+/m0/s1. The molecule has 11 heteroatoms. The third-order valence-electron chi connectivity index (χ3n) is 5.23. The van der Waals surface area contributed by atoms with Crippen LogP contribution in [0.2, 0.25) is 5.02 Å². The molecule has 1 aliphatic carbocycles. The SMILES string of the molecule is CC(F)(F)C(=O)N[C@@H]1CCC[C@H](Nc2nc(-c3c[nH]c4ncc(Cl)cc34)ncc2F)C1. The zero-order valence-electron chi connectivity index (χ0n) is 16.6. The Kier molecular flexibility index (Phi) is 5.74. The summed E-state index contributed by atoms with van der Waals surface area (Å²) in [5, 5.41) is 6.55. The molecule has 0 aromatic carbocycles. The number of amides is 1. The molecule has 1 saturated carbocycles. The van der Waals surface area contributed by atoms with Crippen LogP contribution < -0.4 is 10.6 Å². The van der Waals surface area contributed by atoms with Gasteiger partial charge in [0.25, 0.3) is 5.91 Å². The number of aromatic nitrogens is 4. The van der Waals surface area contributed by atoms with E-state index in [4.69, 9.17) is 11.6 Å². The number of alkyl halides is 2. The normalized spacial score (nSPS) is 19.4. The Bertz CT molecular complexity index is 1120. The maximum Gasteiger partial charge on any atom is 0.321 e. The van der Waals surface area contributed by atoms with E-state index in [-0.39, 0.29) is 17.7 Å². The molecule has 0 spiro atoms. The Morgan fingerprint density at radius 2 is 2.03 bits per heavy atom. The first kappa shape index (κ1) is 21.4. The molecule has 2 atom stereocenters. The van der Waals surface area contributed by atoms with E-state index in [1.807, 2.05) is 0 Å². The Morgan fingerprint density at radius 1 is 1.26 bits per heavy atom. The fraction of sp³-hybridized carbons (Fsp3) is 0.400. The summed E-state index contributed by atoms with van der Waals surface area (Å²) in [5.41, 5.74) is 1.22. The van der Waals surface area contributed by atoms with E-state index in [2.05, 4.69) is 30.6 Å². The average Bonchev–Trinajstić information content (AvgIpc) is 3.12. The Labute approximate surface area is 180 Å². The largest absolute Gasteiger partial charge is 0.365 e. The lowest BCUT2D eigenvalue weighted by Crippen LogP contribution is -2.47. The molecular formula is C20H20ClF3N6O. The molecule has 4 rings (SSSR count). The molecule has 3 aromatic heterocycles. The van der Waals surface area contributed by atoms with Crippen LogP contribution in [-0.4, -0.2) is 43.8 Å². The van der Waals surface area contributed by atoms with Crippen molar-refractivity contribution in [2.45, 2.75) is 50.6 Å². The number of nitrogens with zero attached hydrogens (tertiary/aromatic N) is 3. The van der Waals surface area contributed by atoms with Gasteiger partial charge in [0.1, 0.15) is 5.65 Å². The number of rotatable bonds is 5. The lowest BCUT2D eigenvalue weighted by molar-refractivity contribution is -0.144. The molecule has 0 saturated heterocycles. The summed E-state index contributed by atoms with van der Waals surface area (Å²) in [5.74, 6) is -5.09. The minimum Gasteiger partial charge on any atom is -0.365 e. The summed E-state index contributed by atoms with van der Waals surface area (Å²) in [6.45, 7) is 0.562. The van der Waals surface area contributed by atoms with Gasteiger partial charge in [-0.15, -0.1) is 0 Å². The van der Waals surface area contributed by atoms with Crippen molar-refractivity contribution in [1.29, 1.82) is 0 Å². The van der Waals surface area contributed by atoms with Gasteiger partial charge in [-0.3, -0.25) is 4.79 Å². The van der Waals surface area contributed by atoms with Gasteiger partial charge < -0.3 is 15.6 Å². The fourth-order valence-electron chi connectivity index (χ4n) is 3.72. The third kappa shape index (κ3) is 4.73. The highest BCUT2D eigenvalue weighted by molar-refractivity contribution is 6.31. The van der Waals surface area contributed by atoms with Crippen LogP contribution in [0.4, 0.5) is 19.0 Å². The predicted octanol–water partition coefficient (Wildman–Crippen LogP) is 4.31. The molecule has 0 bridgehead atoms. The lowest BCUT2D eigenvalue weighted by atomic mass is 9.90. The zero-order valence-corrected chi connectivity index (χ0v) is 17.3. The minimum absolute atomic E-state index is 0.00661. The first-order chi connectivity index (χ1) is 14.7. The number of carbonyl (C=O) groups is 1. The van der Waals surface area contributed by atoms with E-state index >= 15 is 0 Å². The molecule has 164 valence electrons. The second-order valence-electron chi connectivity index (χ2n) is 7.71. The van der Waals surface area contributed by atoms with Gasteiger partial charge in [-0.05, 0) is 31.7 Å². The maximum atomic E-state index is 14.4. The highest BCUT2D eigenvalue weighted by Gasteiger charge is 2.35. The van der Waals surface area contributed by atoms with Gasteiger partial charge in [0, 0.05) is 42.4 Å². The lowest BCUT2D eigenvalue weighted by Gasteiger charge is -2.31. The Balaban J connectivity index is 1.52. The second kappa shape index (κ2) is 8.33. The van der Waals surface area contributed by atoms with Crippen molar-refractivity contribution in [3.8, 4) is 11.4 Å². The minimum atomic E-state index is -3.44. The van der Waals surface area contributed by atoms with Crippen LogP contribution in [0, 0.1) is 5.82 Å². The second-order valence-corrected chi connectivity index (χ2v) is 8.15. The Hall–Kier alpha value is -2.88. The first-order valence-electron chi connectivity index (χ1n) is 9.81. The van der Waals surface area contributed by atoms with E-state index in [1.54, 1.807) is 12.3 Å². The van der Waals surface area contributed by atoms with Crippen molar-refractivity contribution < 1.29 is 18.0 Å². The molecule has 1 fully saturated rings.